The second kappa shape index (κ2) is 8.50. The van der Waals surface area contributed by atoms with Crippen molar-refractivity contribution in [2.24, 2.45) is 0 Å². The number of rotatable bonds is 7. The lowest BCUT2D eigenvalue weighted by Gasteiger charge is -2.16. The van der Waals surface area contributed by atoms with E-state index < -0.39 is 16.9 Å². The first-order valence-electron chi connectivity index (χ1n) is 7.49. The number of nitro groups is 1. The van der Waals surface area contributed by atoms with E-state index in [-0.39, 0.29) is 22.8 Å². The molecule has 0 fully saturated rings. The predicted molar refractivity (Wildman–Crippen MR) is 94.9 cm³/mol. The molecule has 26 heavy (non-hydrogen) atoms. The van der Waals surface area contributed by atoms with Gasteiger partial charge in [-0.25, -0.2) is 0 Å². The smallest absolute Gasteiger partial charge is 0.270 e. The fourth-order valence-electron chi connectivity index (χ4n) is 2.30. The molecule has 0 aliphatic carbocycles. The summed E-state index contributed by atoms with van der Waals surface area (Å²) in [6, 6.07) is 8.47. The molecule has 1 unspecified atom stereocenters. The van der Waals surface area contributed by atoms with Crippen molar-refractivity contribution < 1.29 is 24.3 Å². The van der Waals surface area contributed by atoms with Crippen LogP contribution in [-0.2, 0) is 0 Å². The molecule has 9 heteroatoms. The van der Waals surface area contributed by atoms with Crippen molar-refractivity contribution in [3.05, 3.63) is 62.7 Å². The van der Waals surface area contributed by atoms with Gasteiger partial charge >= 0.3 is 0 Å². The minimum Gasteiger partial charge on any atom is -0.497 e. The third-order valence-corrected chi connectivity index (χ3v) is 3.97. The molecule has 2 aromatic rings. The van der Waals surface area contributed by atoms with Crippen molar-refractivity contribution >= 4 is 23.2 Å². The summed E-state index contributed by atoms with van der Waals surface area (Å²) < 4.78 is 10.3. The van der Waals surface area contributed by atoms with Gasteiger partial charge in [0.25, 0.3) is 11.6 Å². The van der Waals surface area contributed by atoms with Crippen molar-refractivity contribution in [3.8, 4) is 11.5 Å². The van der Waals surface area contributed by atoms with Gasteiger partial charge in [0.2, 0.25) is 0 Å². The number of nitrogens with zero attached hydrogens (tertiary/aromatic N) is 1. The number of aliphatic hydroxyl groups is 1. The molecule has 2 rings (SSSR count). The van der Waals surface area contributed by atoms with Crippen LogP contribution in [0, 0.1) is 10.1 Å². The van der Waals surface area contributed by atoms with Crippen molar-refractivity contribution in [1.82, 2.24) is 5.32 Å². The Bertz CT molecular complexity index is 827. The summed E-state index contributed by atoms with van der Waals surface area (Å²) in [7, 11) is 2.96. The zero-order valence-corrected chi connectivity index (χ0v) is 14.8. The van der Waals surface area contributed by atoms with Gasteiger partial charge in [0.15, 0.2) is 0 Å². The molecule has 0 aliphatic rings. The highest BCUT2D eigenvalue weighted by Gasteiger charge is 2.18. The zero-order valence-electron chi connectivity index (χ0n) is 14.1. The molecule has 0 radical (unpaired) electrons. The van der Waals surface area contributed by atoms with Crippen LogP contribution in [0.25, 0.3) is 0 Å². The highest BCUT2D eigenvalue weighted by molar-refractivity contribution is 6.34. The van der Waals surface area contributed by atoms with E-state index in [1.54, 1.807) is 18.2 Å². The van der Waals surface area contributed by atoms with Crippen LogP contribution in [0.3, 0.4) is 0 Å². The number of hydrogen-bond acceptors (Lipinski definition) is 6. The molecule has 0 heterocycles. The third kappa shape index (κ3) is 4.41. The SMILES string of the molecule is COc1ccc(OC)c(C(O)CNC(=O)c2ccc([N+](=O)[O-])cc2Cl)c1. The van der Waals surface area contributed by atoms with E-state index in [1.165, 1.54) is 26.4 Å². The van der Waals surface area contributed by atoms with Crippen molar-refractivity contribution in [2.75, 3.05) is 20.8 Å². The molecule has 0 spiro atoms. The first-order valence-corrected chi connectivity index (χ1v) is 7.87. The summed E-state index contributed by atoms with van der Waals surface area (Å²) in [5.41, 5.74) is 0.303. The molecule has 0 aromatic heterocycles. The normalized spacial score (nSPS) is 11.5. The maximum atomic E-state index is 12.2. The van der Waals surface area contributed by atoms with Crippen LogP contribution in [0.2, 0.25) is 5.02 Å². The van der Waals surface area contributed by atoms with E-state index >= 15 is 0 Å². The lowest BCUT2D eigenvalue weighted by atomic mass is 10.1. The number of amides is 1. The van der Waals surface area contributed by atoms with Crippen molar-refractivity contribution in [2.45, 2.75) is 6.10 Å². The average molecular weight is 381 g/mol. The molecule has 2 aromatic carbocycles. The number of carbonyl (C=O) groups excluding carboxylic acids is 1. The summed E-state index contributed by atoms with van der Waals surface area (Å²) in [5.74, 6) is 0.413. The van der Waals surface area contributed by atoms with Gasteiger partial charge in [-0.1, -0.05) is 11.6 Å². The van der Waals surface area contributed by atoms with Gasteiger partial charge in [0.1, 0.15) is 17.6 Å². The maximum Gasteiger partial charge on any atom is 0.270 e. The minimum absolute atomic E-state index is 0.0508. The minimum atomic E-state index is -1.05. The summed E-state index contributed by atoms with van der Waals surface area (Å²) in [6.45, 7) is -0.115. The molecule has 1 atom stereocenters. The van der Waals surface area contributed by atoms with Crippen molar-refractivity contribution in [1.29, 1.82) is 0 Å². The van der Waals surface area contributed by atoms with E-state index in [0.29, 0.717) is 17.1 Å². The lowest BCUT2D eigenvalue weighted by Crippen LogP contribution is -2.28. The van der Waals surface area contributed by atoms with Gasteiger partial charge in [0.05, 0.1) is 29.7 Å². The second-order valence-corrected chi connectivity index (χ2v) is 5.66. The lowest BCUT2D eigenvalue weighted by molar-refractivity contribution is -0.384. The van der Waals surface area contributed by atoms with Gasteiger partial charge < -0.3 is 19.9 Å². The number of nitrogens with one attached hydrogen (secondary N) is 1. The molecule has 2 N–H and O–H groups in total. The Morgan fingerprint density at radius 2 is 2.00 bits per heavy atom. The van der Waals surface area contributed by atoms with E-state index in [0.717, 1.165) is 6.07 Å². The third-order valence-electron chi connectivity index (χ3n) is 3.66. The Morgan fingerprint density at radius 1 is 1.27 bits per heavy atom. The summed E-state index contributed by atoms with van der Waals surface area (Å²) in [6.07, 6.45) is -1.05. The Kier molecular flexibility index (Phi) is 6.37. The summed E-state index contributed by atoms with van der Waals surface area (Å²) in [5, 5.41) is 23.6. The Balaban J connectivity index is 2.11. The predicted octanol–water partition coefficient (Wildman–Crippen LogP) is 2.73. The van der Waals surface area contributed by atoms with Crippen LogP contribution in [0.5, 0.6) is 11.5 Å². The number of halogens is 1. The van der Waals surface area contributed by atoms with Crippen LogP contribution < -0.4 is 14.8 Å². The number of non-ortho nitro benzene ring substituents is 1. The Labute approximate surface area is 154 Å². The number of benzene rings is 2. The van der Waals surface area contributed by atoms with Crippen LogP contribution in [0.1, 0.15) is 22.0 Å². The first kappa shape index (κ1) is 19.5. The molecule has 0 saturated heterocycles. The van der Waals surface area contributed by atoms with Crippen molar-refractivity contribution in [3.63, 3.8) is 0 Å². The Hall–Kier alpha value is -2.84. The van der Waals surface area contributed by atoms with Gasteiger partial charge in [-0.05, 0) is 24.3 Å². The zero-order chi connectivity index (χ0) is 19.3. The monoisotopic (exact) mass is 380 g/mol. The summed E-state index contributed by atoms with van der Waals surface area (Å²) in [4.78, 5) is 22.3. The molecule has 1 amide bonds. The number of ether oxygens (including phenoxy) is 2. The first-order chi connectivity index (χ1) is 12.4. The molecule has 0 saturated carbocycles. The van der Waals surface area contributed by atoms with Gasteiger partial charge in [-0.2, -0.15) is 0 Å². The van der Waals surface area contributed by atoms with E-state index in [1.807, 2.05) is 0 Å². The number of nitro benzene ring substituents is 1. The van der Waals surface area contributed by atoms with Gasteiger partial charge in [-0.3, -0.25) is 14.9 Å². The highest BCUT2D eigenvalue weighted by atomic mass is 35.5. The molecule has 138 valence electrons. The largest absolute Gasteiger partial charge is 0.497 e. The number of hydrogen-bond donors (Lipinski definition) is 2. The topological polar surface area (TPSA) is 111 Å². The molecule has 0 aliphatic heterocycles. The Morgan fingerprint density at radius 3 is 2.58 bits per heavy atom. The van der Waals surface area contributed by atoms with Gasteiger partial charge in [0, 0.05) is 24.2 Å². The van der Waals surface area contributed by atoms with E-state index in [2.05, 4.69) is 5.32 Å². The standard InChI is InChI=1S/C17H17ClN2O6/c1-25-11-4-6-16(26-2)13(8-11)15(21)9-19-17(22)12-5-3-10(20(23)24)7-14(12)18/h3-8,15,21H,9H2,1-2H3,(H,19,22). The molecule has 8 nitrogen and oxygen atoms in total. The quantitative estimate of drug-likeness (QED) is 0.564. The number of methoxy groups -OCH3 is 2. The van der Waals surface area contributed by atoms with E-state index in [9.17, 15) is 20.0 Å². The van der Waals surface area contributed by atoms with Crippen LogP contribution in [0.4, 0.5) is 5.69 Å². The van der Waals surface area contributed by atoms with Crippen LogP contribution >= 0.6 is 11.6 Å². The van der Waals surface area contributed by atoms with Gasteiger partial charge in [-0.15, -0.1) is 0 Å². The number of carbonyl (C=O) groups is 1. The average Bonchev–Trinajstić information content (AvgIpc) is 2.64. The van der Waals surface area contributed by atoms with Crippen LogP contribution in [-0.4, -0.2) is 36.7 Å². The highest BCUT2D eigenvalue weighted by Crippen LogP contribution is 2.29. The number of aliphatic hydroxyl groups excluding tert-OH is 1. The fourth-order valence-corrected chi connectivity index (χ4v) is 2.56. The van der Waals surface area contributed by atoms with Crippen LogP contribution in [0.15, 0.2) is 36.4 Å². The molecular formula is C17H17ClN2O6. The second-order valence-electron chi connectivity index (χ2n) is 5.25. The van der Waals surface area contributed by atoms with E-state index in [4.69, 9.17) is 21.1 Å². The molecular weight excluding hydrogens is 364 g/mol. The maximum absolute atomic E-state index is 12.2. The summed E-state index contributed by atoms with van der Waals surface area (Å²) >= 11 is 5.92. The molecule has 0 bridgehead atoms. The fraction of sp³-hybridized carbons (Fsp3) is 0.235.